The van der Waals surface area contributed by atoms with Crippen LogP contribution < -0.4 is 5.32 Å². The van der Waals surface area contributed by atoms with Crippen LogP contribution in [-0.2, 0) is 28.3 Å². The Kier molecular flexibility index (Phi) is 10.2. The lowest BCUT2D eigenvalue weighted by molar-refractivity contribution is -0.139. The Labute approximate surface area is 218 Å². The molecule has 0 bridgehead atoms. The van der Waals surface area contributed by atoms with Crippen molar-refractivity contribution in [3.8, 4) is 0 Å². The van der Waals surface area contributed by atoms with Gasteiger partial charge in [-0.25, -0.2) is 0 Å². The van der Waals surface area contributed by atoms with Gasteiger partial charge in [0, 0.05) is 29.8 Å². The van der Waals surface area contributed by atoms with Crippen molar-refractivity contribution < 1.29 is 9.59 Å². The van der Waals surface area contributed by atoms with E-state index in [2.05, 4.69) is 30.4 Å². The fourth-order valence-corrected chi connectivity index (χ4v) is 4.98. The van der Waals surface area contributed by atoms with Crippen molar-refractivity contribution in [2.45, 2.75) is 51.6 Å². The van der Waals surface area contributed by atoms with E-state index in [0.717, 1.165) is 16.9 Å². The van der Waals surface area contributed by atoms with Gasteiger partial charge in [0.05, 0.1) is 5.75 Å². The molecular formula is C29H33ClN2O2S. The minimum Gasteiger partial charge on any atom is -0.352 e. The molecule has 6 heteroatoms. The summed E-state index contributed by atoms with van der Waals surface area (Å²) in [5, 5.41) is 3.62. The molecule has 0 saturated carbocycles. The Morgan fingerprint density at radius 2 is 1.60 bits per heavy atom. The molecule has 1 N–H and O–H groups in total. The minimum absolute atomic E-state index is 0.0282. The van der Waals surface area contributed by atoms with Crippen LogP contribution in [0.1, 0.15) is 36.1 Å². The van der Waals surface area contributed by atoms with Crippen molar-refractivity contribution in [3.63, 3.8) is 0 Å². The van der Waals surface area contributed by atoms with Crippen LogP contribution in [0.25, 0.3) is 0 Å². The molecule has 0 saturated heterocycles. The molecule has 1 atom stereocenters. The van der Waals surface area contributed by atoms with Gasteiger partial charge in [-0.1, -0.05) is 83.9 Å². The number of carbonyl (C=O) groups is 2. The molecule has 4 nitrogen and oxygen atoms in total. The van der Waals surface area contributed by atoms with Crippen LogP contribution in [0.5, 0.6) is 0 Å². The van der Waals surface area contributed by atoms with E-state index < -0.39 is 6.04 Å². The molecule has 2 amide bonds. The molecule has 0 aromatic heterocycles. The molecule has 0 spiro atoms. The first-order valence-corrected chi connectivity index (χ1v) is 13.4. The van der Waals surface area contributed by atoms with Gasteiger partial charge in [0.15, 0.2) is 0 Å². The number of nitrogens with one attached hydrogen (secondary N) is 1. The van der Waals surface area contributed by atoms with Gasteiger partial charge in [0.1, 0.15) is 6.04 Å². The molecule has 0 heterocycles. The van der Waals surface area contributed by atoms with Crippen LogP contribution >= 0.6 is 23.4 Å². The van der Waals surface area contributed by atoms with Gasteiger partial charge in [-0.05, 0) is 49.6 Å². The highest BCUT2D eigenvalue weighted by molar-refractivity contribution is 7.99. The second-order valence-corrected chi connectivity index (χ2v) is 10.4. The standard InChI is InChI=1S/C29H33ClN2O2S/c1-21(2)31-29(34)27(17-23-10-5-4-6-11-23)32(18-24-12-8-14-26(30)16-24)28(33)20-35-19-25-13-7-9-22(3)15-25/h4-16,21,27H,17-20H2,1-3H3,(H,31,34)/t27-/m1/s1. The van der Waals surface area contributed by atoms with E-state index in [4.69, 9.17) is 11.6 Å². The van der Waals surface area contributed by atoms with E-state index in [0.29, 0.717) is 18.0 Å². The Balaban J connectivity index is 1.84. The Morgan fingerprint density at radius 1 is 0.914 bits per heavy atom. The van der Waals surface area contributed by atoms with E-state index in [1.54, 1.807) is 16.7 Å². The predicted octanol–water partition coefficient (Wildman–Crippen LogP) is 6.05. The third-order valence-corrected chi connectivity index (χ3v) is 6.74. The van der Waals surface area contributed by atoms with E-state index in [9.17, 15) is 9.59 Å². The number of aryl methyl sites for hydroxylation is 1. The maximum Gasteiger partial charge on any atom is 0.243 e. The molecule has 0 aliphatic rings. The van der Waals surface area contributed by atoms with Crippen molar-refractivity contribution in [1.82, 2.24) is 10.2 Å². The molecule has 3 aromatic carbocycles. The van der Waals surface area contributed by atoms with Gasteiger partial charge in [-0.3, -0.25) is 9.59 Å². The van der Waals surface area contributed by atoms with Crippen LogP contribution in [0.2, 0.25) is 5.02 Å². The molecule has 0 aliphatic heterocycles. The van der Waals surface area contributed by atoms with Gasteiger partial charge in [-0.15, -0.1) is 11.8 Å². The molecule has 0 unspecified atom stereocenters. The summed E-state index contributed by atoms with van der Waals surface area (Å²) in [7, 11) is 0. The average molecular weight is 509 g/mol. The van der Waals surface area contributed by atoms with Crippen LogP contribution in [0.4, 0.5) is 0 Å². The zero-order chi connectivity index (χ0) is 25.2. The quantitative estimate of drug-likeness (QED) is 0.343. The third-order valence-electron chi connectivity index (χ3n) is 5.52. The minimum atomic E-state index is -0.633. The zero-order valence-electron chi connectivity index (χ0n) is 20.5. The van der Waals surface area contributed by atoms with E-state index >= 15 is 0 Å². The smallest absolute Gasteiger partial charge is 0.243 e. The fourth-order valence-electron chi connectivity index (χ4n) is 3.91. The molecule has 0 radical (unpaired) electrons. The van der Waals surface area contributed by atoms with Crippen LogP contribution in [0, 0.1) is 6.92 Å². The Morgan fingerprint density at radius 3 is 2.29 bits per heavy atom. The lowest BCUT2D eigenvalue weighted by atomic mass is 10.0. The number of hydrogen-bond acceptors (Lipinski definition) is 3. The van der Waals surface area contributed by atoms with Crippen molar-refractivity contribution in [2.75, 3.05) is 5.75 Å². The largest absolute Gasteiger partial charge is 0.352 e. The fraction of sp³-hybridized carbons (Fsp3) is 0.310. The van der Waals surface area contributed by atoms with Gasteiger partial charge >= 0.3 is 0 Å². The second kappa shape index (κ2) is 13.4. The van der Waals surface area contributed by atoms with Crippen LogP contribution in [0.3, 0.4) is 0 Å². The number of rotatable bonds is 11. The van der Waals surface area contributed by atoms with E-state index in [-0.39, 0.29) is 23.6 Å². The average Bonchev–Trinajstić information content (AvgIpc) is 2.81. The Bertz CT molecular complexity index is 1120. The summed E-state index contributed by atoms with van der Waals surface area (Å²) in [5.41, 5.74) is 4.28. The highest BCUT2D eigenvalue weighted by atomic mass is 35.5. The van der Waals surface area contributed by atoms with Crippen LogP contribution in [-0.4, -0.2) is 34.6 Å². The first kappa shape index (κ1) is 26.8. The second-order valence-electron chi connectivity index (χ2n) is 9.00. The number of amides is 2. The Hall–Kier alpha value is -2.76. The number of thioether (sulfide) groups is 1. The molecule has 3 aromatic rings. The first-order valence-electron chi connectivity index (χ1n) is 11.8. The topological polar surface area (TPSA) is 49.4 Å². The maximum absolute atomic E-state index is 13.6. The summed E-state index contributed by atoms with van der Waals surface area (Å²) in [6.45, 7) is 6.23. The molecule has 3 rings (SSSR count). The SMILES string of the molecule is Cc1cccc(CSCC(=O)N(Cc2cccc(Cl)c2)[C@H](Cc2ccccc2)C(=O)NC(C)C)c1. The summed E-state index contributed by atoms with van der Waals surface area (Å²) in [4.78, 5) is 28.7. The summed E-state index contributed by atoms with van der Waals surface area (Å²) >= 11 is 7.79. The molecule has 184 valence electrons. The first-order chi connectivity index (χ1) is 16.8. The number of halogens is 1. The van der Waals surface area contributed by atoms with E-state index in [1.807, 2.05) is 74.5 Å². The summed E-state index contributed by atoms with van der Waals surface area (Å²) < 4.78 is 0. The monoisotopic (exact) mass is 508 g/mol. The number of hydrogen-bond donors (Lipinski definition) is 1. The lowest BCUT2D eigenvalue weighted by Gasteiger charge is -2.32. The molecule has 0 aliphatic carbocycles. The van der Waals surface area contributed by atoms with Crippen LogP contribution in [0.15, 0.2) is 78.9 Å². The molecule has 0 fully saturated rings. The normalized spacial score (nSPS) is 11.8. The predicted molar refractivity (Wildman–Crippen MR) is 147 cm³/mol. The van der Waals surface area contributed by atoms with Gasteiger partial charge in [0.25, 0.3) is 0 Å². The van der Waals surface area contributed by atoms with Crippen molar-refractivity contribution >= 4 is 35.2 Å². The lowest BCUT2D eigenvalue weighted by Crippen LogP contribution is -2.52. The number of nitrogens with zero attached hydrogens (tertiary/aromatic N) is 1. The van der Waals surface area contributed by atoms with Crippen molar-refractivity contribution in [2.24, 2.45) is 0 Å². The number of benzene rings is 3. The maximum atomic E-state index is 13.6. The van der Waals surface area contributed by atoms with Gasteiger partial charge < -0.3 is 10.2 Å². The highest BCUT2D eigenvalue weighted by Gasteiger charge is 2.30. The van der Waals surface area contributed by atoms with Gasteiger partial charge in [0.2, 0.25) is 11.8 Å². The third kappa shape index (κ3) is 8.75. The summed E-state index contributed by atoms with van der Waals surface area (Å²) in [5.74, 6) is 0.805. The summed E-state index contributed by atoms with van der Waals surface area (Å²) in [6, 6.07) is 24.9. The zero-order valence-corrected chi connectivity index (χ0v) is 22.1. The number of carbonyl (C=O) groups excluding carboxylic acids is 2. The van der Waals surface area contributed by atoms with Crippen molar-refractivity contribution in [1.29, 1.82) is 0 Å². The highest BCUT2D eigenvalue weighted by Crippen LogP contribution is 2.20. The van der Waals surface area contributed by atoms with Crippen molar-refractivity contribution in [3.05, 3.63) is 106 Å². The van der Waals surface area contributed by atoms with E-state index in [1.165, 1.54) is 11.1 Å². The summed E-state index contributed by atoms with van der Waals surface area (Å²) in [6.07, 6.45) is 0.439. The molecular weight excluding hydrogens is 476 g/mol. The molecule has 35 heavy (non-hydrogen) atoms. The van der Waals surface area contributed by atoms with Gasteiger partial charge in [-0.2, -0.15) is 0 Å².